The molecule has 0 saturated carbocycles. The first-order valence-corrected chi connectivity index (χ1v) is 9.29. The van der Waals surface area contributed by atoms with Crippen LogP contribution in [0.1, 0.15) is 27.5 Å². The molecule has 0 spiro atoms. The molecule has 28 heavy (non-hydrogen) atoms. The van der Waals surface area contributed by atoms with Crippen molar-refractivity contribution in [1.82, 2.24) is 25.0 Å². The van der Waals surface area contributed by atoms with Crippen molar-refractivity contribution in [2.45, 2.75) is 13.0 Å². The van der Waals surface area contributed by atoms with E-state index in [1.54, 1.807) is 18.1 Å². The average molecular weight is 377 g/mol. The molecule has 7 nitrogen and oxygen atoms in total. The molecule has 1 aromatic heterocycles. The number of ether oxygens (including phenoxy) is 1. The van der Waals surface area contributed by atoms with Crippen molar-refractivity contribution in [2.24, 2.45) is 0 Å². The van der Waals surface area contributed by atoms with E-state index in [-0.39, 0.29) is 11.9 Å². The molecule has 7 heteroatoms. The maximum Gasteiger partial charge on any atom is 0.254 e. The number of carbonyl (C=O) groups is 1. The summed E-state index contributed by atoms with van der Waals surface area (Å²) in [5.41, 5.74) is 3.51. The number of aromatic nitrogens is 3. The molecule has 2 heterocycles. The number of benzene rings is 2. The van der Waals surface area contributed by atoms with Gasteiger partial charge in [0.05, 0.1) is 18.8 Å². The number of hydrogen-bond acceptors (Lipinski definition) is 5. The lowest BCUT2D eigenvalue weighted by Gasteiger charge is -2.37. The maximum atomic E-state index is 13.4. The van der Waals surface area contributed by atoms with Crippen LogP contribution in [0.15, 0.2) is 55.1 Å². The molecule has 1 unspecified atom stereocenters. The van der Waals surface area contributed by atoms with Gasteiger partial charge in [0.25, 0.3) is 5.91 Å². The number of methoxy groups -OCH3 is 1. The van der Waals surface area contributed by atoms with Gasteiger partial charge in [0.15, 0.2) is 0 Å². The van der Waals surface area contributed by atoms with Gasteiger partial charge in [-0.15, -0.1) is 0 Å². The van der Waals surface area contributed by atoms with Gasteiger partial charge in [-0.3, -0.25) is 4.79 Å². The van der Waals surface area contributed by atoms with Gasteiger partial charge in [-0.2, -0.15) is 5.10 Å². The number of rotatable bonds is 4. The van der Waals surface area contributed by atoms with E-state index in [9.17, 15) is 4.79 Å². The number of carbonyl (C=O) groups excluding carboxylic acids is 1. The second kappa shape index (κ2) is 7.82. The van der Waals surface area contributed by atoms with E-state index in [1.807, 2.05) is 54.3 Å². The number of nitrogens with zero attached hydrogens (tertiary/aromatic N) is 4. The van der Waals surface area contributed by atoms with Gasteiger partial charge in [-0.05, 0) is 36.8 Å². The maximum absolute atomic E-state index is 13.4. The molecule has 0 radical (unpaired) electrons. The molecule has 1 aliphatic rings. The van der Waals surface area contributed by atoms with Crippen molar-refractivity contribution in [3.05, 3.63) is 71.8 Å². The topological polar surface area (TPSA) is 72.3 Å². The number of hydrogen-bond donors (Lipinski definition) is 1. The fraction of sp³-hybridized carbons (Fsp3) is 0.286. The number of aryl methyl sites for hydroxylation is 1. The minimum absolute atomic E-state index is 0.0278. The van der Waals surface area contributed by atoms with Gasteiger partial charge in [-0.25, -0.2) is 9.67 Å². The third-order valence-electron chi connectivity index (χ3n) is 5.13. The van der Waals surface area contributed by atoms with Crippen molar-refractivity contribution in [2.75, 3.05) is 26.7 Å². The summed E-state index contributed by atoms with van der Waals surface area (Å²) in [6, 6.07) is 13.5. The molecule has 144 valence electrons. The molecule has 4 rings (SSSR count). The van der Waals surface area contributed by atoms with E-state index in [4.69, 9.17) is 4.74 Å². The summed E-state index contributed by atoms with van der Waals surface area (Å²) in [5.74, 6) is 0.826. The zero-order chi connectivity index (χ0) is 19.5. The lowest BCUT2D eigenvalue weighted by Crippen LogP contribution is -2.48. The van der Waals surface area contributed by atoms with Crippen molar-refractivity contribution in [3.63, 3.8) is 0 Å². The van der Waals surface area contributed by atoms with Crippen LogP contribution in [0.5, 0.6) is 5.75 Å². The summed E-state index contributed by atoms with van der Waals surface area (Å²) >= 11 is 0. The van der Waals surface area contributed by atoms with Gasteiger partial charge in [0.1, 0.15) is 18.4 Å². The fourth-order valence-corrected chi connectivity index (χ4v) is 3.69. The summed E-state index contributed by atoms with van der Waals surface area (Å²) < 4.78 is 7.22. The van der Waals surface area contributed by atoms with E-state index in [2.05, 4.69) is 15.4 Å². The Morgan fingerprint density at radius 1 is 1.25 bits per heavy atom. The average Bonchev–Trinajstić information content (AvgIpc) is 3.28. The van der Waals surface area contributed by atoms with E-state index in [0.29, 0.717) is 18.7 Å². The smallest absolute Gasteiger partial charge is 0.254 e. The van der Waals surface area contributed by atoms with E-state index < -0.39 is 0 Å². The van der Waals surface area contributed by atoms with E-state index >= 15 is 0 Å². The molecular formula is C21H23N5O2. The van der Waals surface area contributed by atoms with Crippen LogP contribution in [-0.4, -0.2) is 52.3 Å². The first kappa shape index (κ1) is 18.2. The second-order valence-corrected chi connectivity index (χ2v) is 6.80. The Kier molecular flexibility index (Phi) is 5.08. The third kappa shape index (κ3) is 3.36. The standard InChI is InChI=1S/C21H23N5O2/c1-15-11-16(26-14-23-13-24-26)7-8-17(15)21(27)25-10-9-22-12-19(25)18-5-3-4-6-20(18)28-2/h3-8,11,13-14,19,22H,9-10,12H2,1-2H3. The third-order valence-corrected chi connectivity index (χ3v) is 5.13. The van der Waals surface area contributed by atoms with Gasteiger partial charge < -0.3 is 15.0 Å². The Morgan fingerprint density at radius 3 is 2.86 bits per heavy atom. The molecule has 0 aliphatic carbocycles. The minimum Gasteiger partial charge on any atom is -0.496 e. The lowest BCUT2D eigenvalue weighted by atomic mass is 9.99. The molecule has 1 fully saturated rings. The predicted molar refractivity (Wildman–Crippen MR) is 106 cm³/mol. The summed E-state index contributed by atoms with van der Waals surface area (Å²) in [4.78, 5) is 19.3. The Balaban J connectivity index is 1.66. The van der Waals surface area contributed by atoms with Crippen LogP contribution >= 0.6 is 0 Å². The predicted octanol–water partition coefficient (Wildman–Crippen LogP) is 2.37. The van der Waals surface area contributed by atoms with Gasteiger partial charge in [-0.1, -0.05) is 18.2 Å². The van der Waals surface area contributed by atoms with E-state index in [1.165, 1.54) is 6.33 Å². The molecule has 2 aromatic carbocycles. The largest absolute Gasteiger partial charge is 0.496 e. The van der Waals surface area contributed by atoms with Crippen molar-refractivity contribution >= 4 is 5.91 Å². The van der Waals surface area contributed by atoms with Gasteiger partial charge in [0.2, 0.25) is 0 Å². The van der Waals surface area contributed by atoms with Crippen LogP contribution in [0.3, 0.4) is 0 Å². The van der Waals surface area contributed by atoms with Crippen LogP contribution in [0.25, 0.3) is 5.69 Å². The Hall–Kier alpha value is -3.19. The quantitative estimate of drug-likeness (QED) is 0.756. The molecule has 0 bridgehead atoms. The molecule has 1 aliphatic heterocycles. The molecule has 1 N–H and O–H groups in total. The van der Waals surface area contributed by atoms with Crippen LogP contribution < -0.4 is 10.1 Å². The van der Waals surface area contributed by atoms with Crippen LogP contribution in [0, 0.1) is 6.92 Å². The first-order valence-electron chi connectivity index (χ1n) is 9.29. The highest BCUT2D eigenvalue weighted by Gasteiger charge is 2.31. The van der Waals surface area contributed by atoms with Crippen molar-refractivity contribution < 1.29 is 9.53 Å². The highest BCUT2D eigenvalue weighted by atomic mass is 16.5. The number of piperazine rings is 1. The number of amides is 1. The highest BCUT2D eigenvalue weighted by molar-refractivity contribution is 5.96. The van der Waals surface area contributed by atoms with Gasteiger partial charge in [0, 0.05) is 30.8 Å². The molecule has 1 saturated heterocycles. The molecule has 1 amide bonds. The van der Waals surface area contributed by atoms with Crippen LogP contribution in [0.2, 0.25) is 0 Å². The lowest BCUT2D eigenvalue weighted by molar-refractivity contribution is 0.0631. The molecule has 1 atom stereocenters. The zero-order valence-corrected chi connectivity index (χ0v) is 16.0. The SMILES string of the molecule is COc1ccccc1C1CNCCN1C(=O)c1ccc(-n2cncn2)cc1C. The van der Waals surface area contributed by atoms with Crippen LogP contribution in [-0.2, 0) is 0 Å². The van der Waals surface area contributed by atoms with Crippen molar-refractivity contribution in [3.8, 4) is 11.4 Å². The monoisotopic (exact) mass is 377 g/mol. The second-order valence-electron chi connectivity index (χ2n) is 6.80. The highest BCUT2D eigenvalue weighted by Crippen LogP contribution is 2.31. The summed E-state index contributed by atoms with van der Waals surface area (Å²) in [6.07, 6.45) is 3.14. The van der Waals surface area contributed by atoms with Gasteiger partial charge >= 0.3 is 0 Å². The zero-order valence-electron chi connectivity index (χ0n) is 16.0. The van der Waals surface area contributed by atoms with Crippen molar-refractivity contribution in [1.29, 1.82) is 0 Å². The Bertz CT molecular complexity index is 971. The minimum atomic E-state index is -0.0770. The number of para-hydroxylation sites is 1. The molecule has 3 aromatic rings. The Labute approximate surface area is 164 Å². The first-order chi connectivity index (χ1) is 13.7. The summed E-state index contributed by atoms with van der Waals surface area (Å²) in [5, 5.41) is 7.55. The summed E-state index contributed by atoms with van der Waals surface area (Å²) in [6.45, 7) is 4.06. The Morgan fingerprint density at radius 2 is 2.11 bits per heavy atom. The number of nitrogens with one attached hydrogen (secondary N) is 1. The summed E-state index contributed by atoms with van der Waals surface area (Å²) in [7, 11) is 1.66. The normalized spacial score (nSPS) is 16.8. The van der Waals surface area contributed by atoms with E-state index in [0.717, 1.165) is 29.1 Å². The fourth-order valence-electron chi connectivity index (χ4n) is 3.69. The van der Waals surface area contributed by atoms with Crippen LogP contribution in [0.4, 0.5) is 0 Å². The molecular weight excluding hydrogens is 354 g/mol.